The topological polar surface area (TPSA) is 113 Å². The molecular weight excluding hydrogens is 1160 g/mol. The predicted molar refractivity (Wildman–Crippen MR) is 373 cm³/mol. The maximum atomic E-state index is 10.5. The number of hydrogen-bond donors (Lipinski definition) is 0. The van der Waals surface area contributed by atoms with Crippen molar-refractivity contribution in [2.75, 3.05) is 14.7 Å². The van der Waals surface area contributed by atoms with Gasteiger partial charge in [0, 0.05) is 99.0 Å². The predicted octanol–water partition coefficient (Wildman–Crippen LogP) is 14.0. The minimum Gasteiger partial charge on any atom is -0.458 e. The van der Waals surface area contributed by atoms with E-state index in [1.807, 2.05) is 158 Å². The first-order chi connectivity index (χ1) is 46.5. The van der Waals surface area contributed by atoms with Crippen molar-refractivity contribution in [1.29, 1.82) is 10.5 Å². The van der Waals surface area contributed by atoms with E-state index in [2.05, 4.69) is 148 Å². The molecule has 0 aliphatic carbocycles. The van der Waals surface area contributed by atoms with Crippen LogP contribution in [-0.4, -0.2) is 20.1 Å². The molecular formula is C80H46B3N5O6. The van der Waals surface area contributed by atoms with Crippen LogP contribution in [0.4, 0.5) is 51.2 Å². The van der Waals surface area contributed by atoms with E-state index in [1.165, 1.54) is 0 Å². The van der Waals surface area contributed by atoms with E-state index in [1.54, 1.807) is 0 Å². The molecule has 436 valence electrons. The van der Waals surface area contributed by atoms with Crippen LogP contribution in [0, 0.1) is 22.7 Å². The number of ether oxygens (including phenoxy) is 6. The molecule has 0 bridgehead atoms. The molecule has 6 aliphatic rings. The number of fused-ring (bicyclic) bond motifs is 12. The highest BCUT2D eigenvalue weighted by Crippen LogP contribution is 2.49. The summed E-state index contributed by atoms with van der Waals surface area (Å²) in [6.45, 7) is -1.32. The molecule has 0 fully saturated rings. The average Bonchev–Trinajstić information content (AvgIpc) is 0.707. The summed E-state index contributed by atoms with van der Waals surface area (Å²) in [4.78, 5) is 6.62. The molecule has 13 aromatic carbocycles. The summed E-state index contributed by atoms with van der Waals surface area (Å²) in [5.74, 6) is 7.50. The Balaban J connectivity index is 0.826. The van der Waals surface area contributed by atoms with Crippen molar-refractivity contribution >= 4 is 120 Å². The van der Waals surface area contributed by atoms with Gasteiger partial charge in [0.25, 0.3) is 20.1 Å². The fourth-order valence-corrected chi connectivity index (χ4v) is 14.8. The van der Waals surface area contributed by atoms with E-state index >= 15 is 0 Å². The zero-order chi connectivity index (χ0) is 62.1. The molecule has 19 rings (SSSR count). The summed E-state index contributed by atoms with van der Waals surface area (Å²) in [5, 5.41) is 21.0. The van der Waals surface area contributed by atoms with Gasteiger partial charge < -0.3 is 43.1 Å². The summed E-state index contributed by atoms with van der Waals surface area (Å²) in [6.07, 6.45) is 0. The molecule has 0 saturated heterocycles. The highest BCUT2D eigenvalue weighted by atomic mass is 16.5. The van der Waals surface area contributed by atoms with Gasteiger partial charge in [-0.15, -0.1) is 0 Å². The Bertz CT molecular complexity index is 5000. The monoisotopic (exact) mass is 1210 g/mol. The number of hydrogen-bond acceptors (Lipinski definition) is 11. The molecule has 0 N–H and O–H groups in total. The van der Waals surface area contributed by atoms with Crippen LogP contribution in [0.2, 0.25) is 0 Å². The Labute approximate surface area is 542 Å². The van der Waals surface area contributed by atoms with Gasteiger partial charge in [-0.2, -0.15) is 10.5 Å². The Morgan fingerprint density at radius 1 is 0.213 bits per heavy atom. The number of benzene rings is 13. The van der Waals surface area contributed by atoms with E-state index < -0.39 is 20.1 Å². The largest absolute Gasteiger partial charge is 0.458 e. The van der Waals surface area contributed by atoms with Gasteiger partial charge >= 0.3 is 0 Å². The average molecular weight is 1210 g/mol. The molecule has 11 nitrogen and oxygen atoms in total. The van der Waals surface area contributed by atoms with Crippen molar-refractivity contribution in [2.24, 2.45) is 0 Å². The highest BCUT2D eigenvalue weighted by Gasteiger charge is 2.49. The van der Waals surface area contributed by atoms with Gasteiger partial charge in [-0.25, -0.2) is 0 Å². The van der Waals surface area contributed by atoms with Crippen LogP contribution in [0.15, 0.2) is 279 Å². The molecule has 0 amide bonds. The van der Waals surface area contributed by atoms with E-state index in [4.69, 9.17) is 28.4 Å². The SMILES string of the molecule is N#Cc1ccc2c(c1)B1c3cc4c(cc3Oc3cc(N(c5ccccc5)c5ccccc5)cc(c31)O2)Oc1cc(N(c2ccccc2)c2ccccc2)cc2c1B4c1cc3c(cc1O2)Oc1cc(N(c2ccccc2)c2ccccc2)cc2c1B3c1cc(C#N)ccc1O2. The zero-order valence-electron chi connectivity index (χ0n) is 50.0. The van der Waals surface area contributed by atoms with E-state index in [9.17, 15) is 10.5 Å². The normalized spacial score (nSPS) is 12.9. The third-order valence-corrected chi connectivity index (χ3v) is 18.7. The molecule has 6 aliphatic heterocycles. The van der Waals surface area contributed by atoms with Crippen LogP contribution in [-0.2, 0) is 0 Å². The molecule has 0 aromatic heterocycles. The van der Waals surface area contributed by atoms with Crippen LogP contribution in [0.25, 0.3) is 0 Å². The fourth-order valence-electron chi connectivity index (χ4n) is 14.8. The maximum Gasteiger partial charge on any atom is 0.260 e. The first-order valence-corrected chi connectivity index (χ1v) is 31.2. The standard InChI is InChI=1S/C80H46B3N5O6/c84-47-49-31-33-66-60(35-49)81-62-43-64-70(45-68(62)91-74-39-57(37-72(89-66)78(74)81)86(51-19-7-1-8-20-51)52-21-9-2-10-22-52)93-76-41-59(88(55-27-15-5-16-28-55)56-29-17-6-18-30-56)42-77-80(76)83(64)65-44-63-69(46-71(65)94-77)92-75-40-58(87(53-23-11-3-12-24-53)54-25-13-4-14-26-54)38-73-79(75)82(63)61-36-50(48-85)32-34-67(61)90-73/h1-46H. The Morgan fingerprint density at radius 3 is 0.670 bits per heavy atom. The minimum absolute atomic E-state index is 0.426. The van der Waals surface area contributed by atoms with Crippen molar-refractivity contribution in [3.05, 3.63) is 290 Å². The zero-order valence-corrected chi connectivity index (χ0v) is 50.0. The first-order valence-electron chi connectivity index (χ1n) is 31.2. The third kappa shape index (κ3) is 8.33. The van der Waals surface area contributed by atoms with Crippen LogP contribution < -0.4 is 92.3 Å². The van der Waals surface area contributed by atoms with Gasteiger partial charge in [-0.3, -0.25) is 0 Å². The van der Waals surface area contributed by atoms with Gasteiger partial charge in [0.05, 0.1) is 40.3 Å². The quantitative estimate of drug-likeness (QED) is 0.129. The molecule has 94 heavy (non-hydrogen) atoms. The summed E-state index contributed by atoms with van der Waals surface area (Å²) in [6, 6.07) is 99.0. The summed E-state index contributed by atoms with van der Waals surface area (Å²) in [5.41, 5.74) is 17.1. The Kier molecular flexibility index (Phi) is 11.8. The van der Waals surface area contributed by atoms with Gasteiger partial charge in [-0.1, -0.05) is 121 Å². The maximum absolute atomic E-state index is 10.5. The van der Waals surface area contributed by atoms with Crippen LogP contribution >= 0.6 is 0 Å². The molecule has 0 saturated carbocycles. The lowest BCUT2D eigenvalue weighted by atomic mass is 9.30. The van der Waals surface area contributed by atoms with Crippen LogP contribution in [0.3, 0.4) is 0 Å². The van der Waals surface area contributed by atoms with Gasteiger partial charge in [0.1, 0.15) is 69.0 Å². The molecule has 0 spiro atoms. The second-order valence-corrected chi connectivity index (χ2v) is 24.1. The highest BCUT2D eigenvalue weighted by molar-refractivity contribution is 7.02. The van der Waals surface area contributed by atoms with Crippen molar-refractivity contribution in [2.45, 2.75) is 0 Å². The van der Waals surface area contributed by atoms with Crippen molar-refractivity contribution in [3.63, 3.8) is 0 Å². The van der Waals surface area contributed by atoms with Crippen molar-refractivity contribution in [3.8, 4) is 81.1 Å². The lowest BCUT2D eigenvalue weighted by Crippen LogP contribution is -2.63. The first kappa shape index (κ1) is 53.1. The van der Waals surface area contributed by atoms with Crippen LogP contribution in [0.5, 0.6) is 69.0 Å². The van der Waals surface area contributed by atoms with Crippen LogP contribution in [0.1, 0.15) is 11.1 Å². The number of anilines is 9. The molecule has 14 heteroatoms. The third-order valence-electron chi connectivity index (χ3n) is 18.7. The van der Waals surface area contributed by atoms with E-state index in [0.29, 0.717) is 80.1 Å². The molecule has 0 radical (unpaired) electrons. The van der Waals surface area contributed by atoms with Gasteiger partial charge in [0.15, 0.2) is 0 Å². The molecule has 6 heterocycles. The minimum atomic E-state index is -0.472. The fraction of sp³-hybridized carbons (Fsp3) is 0. The van der Waals surface area contributed by atoms with E-state index in [0.717, 1.165) is 100 Å². The summed E-state index contributed by atoms with van der Waals surface area (Å²) in [7, 11) is 0. The number of para-hydroxylation sites is 6. The number of rotatable bonds is 9. The lowest BCUT2D eigenvalue weighted by molar-refractivity contribution is 0.448. The Hall–Kier alpha value is -12.8. The van der Waals surface area contributed by atoms with Gasteiger partial charge in [-0.05, 0) is 142 Å². The van der Waals surface area contributed by atoms with E-state index in [-0.39, 0.29) is 0 Å². The number of nitrogens with zero attached hydrogens (tertiary/aromatic N) is 5. The van der Waals surface area contributed by atoms with Crippen molar-refractivity contribution in [1.82, 2.24) is 0 Å². The Morgan fingerprint density at radius 2 is 0.436 bits per heavy atom. The summed E-state index contributed by atoms with van der Waals surface area (Å²) < 4.78 is 43.4. The van der Waals surface area contributed by atoms with Gasteiger partial charge in [0.2, 0.25) is 0 Å². The number of nitriles is 2. The second kappa shape index (κ2) is 20.9. The molecule has 0 atom stereocenters. The molecule has 0 unspecified atom stereocenters. The van der Waals surface area contributed by atoms with Crippen molar-refractivity contribution < 1.29 is 28.4 Å². The smallest absolute Gasteiger partial charge is 0.260 e. The molecule has 13 aromatic rings. The summed E-state index contributed by atoms with van der Waals surface area (Å²) >= 11 is 0. The lowest BCUT2D eigenvalue weighted by Gasteiger charge is -2.39. The second-order valence-electron chi connectivity index (χ2n) is 24.1.